The van der Waals surface area contributed by atoms with Gasteiger partial charge in [-0.3, -0.25) is 0 Å². The van der Waals surface area contributed by atoms with E-state index in [1.807, 2.05) is 29.2 Å². The van der Waals surface area contributed by atoms with Crippen LogP contribution in [0.4, 0.5) is 17.1 Å². The number of para-hydroxylation sites is 2. The molecule has 4 fully saturated rings. The standard InChI is InChI=1S/C59H46N2/c1-3-14-45(15-4-1)60(56-21-11-13-42-33-41-12-7-8-18-48(41)58(42)56)47-24-27-55-52(36-47)51-26-23-40(35-57(51)61(55)46-16-5-2-6-17-46)39-22-25-50-49-19-9-10-20-53(49)59(54(50)34-39)43-29-37-28-38(31-43)32-44(59)30-37/h1-27,34-38,43-44H,28-33H2/i1D,3D,4D,14D,15D. The molecule has 9 aromatic rings. The molecular weight excluding hydrogens is 737 g/mol. The summed E-state index contributed by atoms with van der Waals surface area (Å²) < 4.78 is 47.0. The Kier molecular flexibility index (Phi) is 6.15. The van der Waals surface area contributed by atoms with Gasteiger partial charge in [0.25, 0.3) is 0 Å². The molecule has 6 aliphatic rings. The molecule has 0 amide bonds. The molecule has 15 rings (SSSR count). The zero-order valence-corrected chi connectivity index (χ0v) is 33.9. The largest absolute Gasteiger partial charge is 0.310 e. The summed E-state index contributed by atoms with van der Waals surface area (Å²) in [5.74, 6) is 3.15. The number of rotatable bonds is 5. The molecule has 0 N–H and O–H groups in total. The van der Waals surface area contributed by atoms with Gasteiger partial charge in [0.05, 0.1) is 23.6 Å². The molecule has 1 spiro atoms. The van der Waals surface area contributed by atoms with E-state index in [-0.39, 0.29) is 35.3 Å². The van der Waals surface area contributed by atoms with Crippen LogP contribution in [0.5, 0.6) is 0 Å². The van der Waals surface area contributed by atoms with Crippen LogP contribution in [0.1, 0.15) is 61.2 Å². The molecule has 2 heteroatoms. The van der Waals surface area contributed by atoms with Crippen molar-refractivity contribution in [3.63, 3.8) is 0 Å². The molecule has 6 aliphatic carbocycles. The van der Waals surface area contributed by atoms with Crippen molar-refractivity contribution < 1.29 is 6.85 Å². The molecule has 2 nitrogen and oxygen atoms in total. The molecule has 4 saturated carbocycles. The fourth-order valence-corrected chi connectivity index (χ4v) is 13.6. The van der Waals surface area contributed by atoms with Crippen LogP contribution in [0.25, 0.3) is 60.9 Å². The first-order chi connectivity index (χ1) is 32.3. The molecule has 4 bridgehead atoms. The maximum Gasteiger partial charge on any atom is 0.0645 e. The highest BCUT2D eigenvalue weighted by atomic mass is 15.1. The number of hydrogen-bond donors (Lipinski definition) is 0. The highest BCUT2D eigenvalue weighted by molar-refractivity contribution is 6.12. The van der Waals surface area contributed by atoms with Crippen molar-refractivity contribution >= 4 is 38.9 Å². The van der Waals surface area contributed by atoms with E-state index < -0.39 is 6.04 Å². The van der Waals surface area contributed by atoms with E-state index in [1.165, 1.54) is 59.9 Å². The quantitative estimate of drug-likeness (QED) is 0.169. The van der Waals surface area contributed by atoms with E-state index >= 15 is 0 Å². The zero-order chi connectivity index (χ0) is 44.2. The lowest BCUT2D eigenvalue weighted by Crippen LogP contribution is -2.55. The third-order valence-corrected chi connectivity index (χ3v) is 15.7. The minimum Gasteiger partial charge on any atom is -0.310 e. The highest BCUT2D eigenvalue weighted by Gasteiger charge is 2.61. The summed E-state index contributed by atoms with van der Waals surface area (Å²) in [6, 6.07) is 53.4. The molecule has 292 valence electrons. The van der Waals surface area contributed by atoms with Crippen molar-refractivity contribution in [3.8, 4) is 39.1 Å². The molecule has 0 atom stereocenters. The average molecular weight is 788 g/mol. The number of hydrogen-bond acceptors (Lipinski definition) is 1. The second kappa shape index (κ2) is 12.7. The summed E-state index contributed by atoms with van der Waals surface area (Å²) >= 11 is 0. The van der Waals surface area contributed by atoms with Crippen LogP contribution in [0.15, 0.2) is 182 Å². The van der Waals surface area contributed by atoms with Gasteiger partial charge in [0.2, 0.25) is 0 Å². The molecule has 1 aromatic heterocycles. The van der Waals surface area contributed by atoms with E-state index in [2.05, 4.69) is 132 Å². The lowest BCUT2D eigenvalue weighted by molar-refractivity contribution is -0.0399. The third-order valence-electron chi connectivity index (χ3n) is 15.7. The van der Waals surface area contributed by atoms with E-state index in [0.717, 1.165) is 68.1 Å². The molecule has 61 heavy (non-hydrogen) atoms. The van der Waals surface area contributed by atoms with Crippen LogP contribution in [-0.2, 0) is 11.8 Å². The molecule has 0 unspecified atom stereocenters. The monoisotopic (exact) mass is 787 g/mol. The Morgan fingerprint density at radius 3 is 2.05 bits per heavy atom. The van der Waals surface area contributed by atoms with Crippen molar-refractivity contribution in [1.82, 2.24) is 4.57 Å². The van der Waals surface area contributed by atoms with Gasteiger partial charge in [0, 0.05) is 38.8 Å². The van der Waals surface area contributed by atoms with Crippen molar-refractivity contribution in [1.29, 1.82) is 0 Å². The van der Waals surface area contributed by atoms with Crippen LogP contribution in [0, 0.1) is 23.7 Å². The van der Waals surface area contributed by atoms with Gasteiger partial charge in [-0.1, -0.05) is 121 Å². The maximum absolute atomic E-state index is 9.30. The molecule has 0 saturated heterocycles. The van der Waals surface area contributed by atoms with E-state index in [0.29, 0.717) is 17.5 Å². The SMILES string of the molecule is [2H]c1c([2H])c([2H])c(N(c2ccc3c(c2)c2ccc(-c4ccc5c(c4)C4(c6ccccc6-5)C5CC6CC(C5)CC4C6)cc2n3-c2ccccc2)c2cccc3c2-c2ccccc2C3)c([2H])c1[2H]. The van der Waals surface area contributed by atoms with Crippen LogP contribution in [0.3, 0.4) is 0 Å². The highest BCUT2D eigenvalue weighted by Crippen LogP contribution is 2.69. The number of fused-ring (bicyclic) bond motifs is 9. The predicted octanol–water partition coefficient (Wildman–Crippen LogP) is 15.2. The fraction of sp³-hybridized carbons (Fsp3) is 0.186. The number of anilines is 3. The van der Waals surface area contributed by atoms with Gasteiger partial charge in [-0.2, -0.15) is 0 Å². The van der Waals surface area contributed by atoms with Crippen LogP contribution >= 0.6 is 0 Å². The first-order valence-corrected chi connectivity index (χ1v) is 22.2. The average Bonchev–Trinajstić information content (AvgIpc) is 3.99. The van der Waals surface area contributed by atoms with Crippen molar-refractivity contribution in [2.75, 3.05) is 4.90 Å². The maximum atomic E-state index is 9.30. The summed E-state index contributed by atoms with van der Waals surface area (Å²) in [5, 5.41) is 2.09. The molecule has 0 aliphatic heterocycles. The minimum atomic E-state index is -0.407. The molecule has 1 heterocycles. The predicted molar refractivity (Wildman–Crippen MR) is 252 cm³/mol. The van der Waals surface area contributed by atoms with E-state index in [9.17, 15) is 2.74 Å². The topological polar surface area (TPSA) is 8.17 Å². The van der Waals surface area contributed by atoms with Crippen LogP contribution < -0.4 is 4.90 Å². The Morgan fingerprint density at radius 2 is 1.21 bits per heavy atom. The van der Waals surface area contributed by atoms with Gasteiger partial charge in [0.15, 0.2) is 0 Å². The summed E-state index contributed by atoms with van der Waals surface area (Å²) in [6.45, 7) is 0. The fourth-order valence-electron chi connectivity index (χ4n) is 13.6. The van der Waals surface area contributed by atoms with E-state index in [1.54, 1.807) is 11.1 Å². The Labute approximate surface area is 364 Å². The van der Waals surface area contributed by atoms with Crippen molar-refractivity contribution in [3.05, 3.63) is 204 Å². The molecule has 8 aromatic carbocycles. The Bertz CT molecular complexity index is 3490. The number of benzene rings is 8. The van der Waals surface area contributed by atoms with Gasteiger partial charge in [-0.15, -0.1) is 0 Å². The van der Waals surface area contributed by atoms with Crippen LogP contribution in [0.2, 0.25) is 0 Å². The Hall–Kier alpha value is -6.64. The first kappa shape index (κ1) is 29.6. The lowest BCUT2D eigenvalue weighted by Gasteiger charge is -2.61. The molecular formula is C59H46N2. The lowest BCUT2D eigenvalue weighted by atomic mass is 9.43. The number of aromatic nitrogens is 1. The van der Waals surface area contributed by atoms with Crippen molar-refractivity contribution in [2.45, 2.75) is 43.9 Å². The Balaban J connectivity index is 0.977. The minimum absolute atomic E-state index is 0.0852. The third kappa shape index (κ3) is 4.74. The summed E-state index contributed by atoms with van der Waals surface area (Å²) in [7, 11) is 0. The number of nitrogens with zero attached hydrogens (tertiary/aromatic N) is 2. The molecule has 0 radical (unpaired) electrons. The second-order valence-corrected chi connectivity index (χ2v) is 18.5. The van der Waals surface area contributed by atoms with Crippen LogP contribution in [-0.4, -0.2) is 4.57 Å². The van der Waals surface area contributed by atoms with E-state index in [4.69, 9.17) is 4.11 Å². The zero-order valence-electron chi connectivity index (χ0n) is 38.9. The normalized spacial score (nSPS) is 23.6. The second-order valence-electron chi connectivity index (χ2n) is 18.5. The van der Waals surface area contributed by atoms with Gasteiger partial charge in [0.1, 0.15) is 0 Å². The van der Waals surface area contributed by atoms with Crippen molar-refractivity contribution in [2.24, 2.45) is 23.7 Å². The van der Waals surface area contributed by atoms with Gasteiger partial charge < -0.3 is 9.47 Å². The first-order valence-electron chi connectivity index (χ1n) is 24.7. The van der Waals surface area contributed by atoms with Gasteiger partial charge in [-0.05, 0) is 173 Å². The summed E-state index contributed by atoms with van der Waals surface area (Å²) in [6.07, 6.45) is 7.60. The summed E-state index contributed by atoms with van der Waals surface area (Å²) in [5.41, 5.74) is 17.7. The Morgan fingerprint density at radius 1 is 0.508 bits per heavy atom. The summed E-state index contributed by atoms with van der Waals surface area (Å²) in [4.78, 5) is 1.91. The smallest absolute Gasteiger partial charge is 0.0645 e. The van der Waals surface area contributed by atoms with Gasteiger partial charge >= 0.3 is 0 Å². The van der Waals surface area contributed by atoms with Gasteiger partial charge in [-0.25, -0.2) is 0 Å².